The number of hydrogen-bond donors (Lipinski definition) is 1. The minimum absolute atomic E-state index is 0.0703. The molecule has 9 nitrogen and oxygen atoms in total. The summed E-state index contributed by atoms with van der Waals surface area (Å²) in [6.07, 6.45) is -4.67. The van der Waals surface area contributed by atoms with Crippen molar-refractivity contribution in [1.82, 2.24) is 9.47 Å². The minimum Gasteiger partial charge on any atom is -0.493 e. The molecule has 2 aromatic carbocycles. The molecular weight excluding hydrogens is 621 g/mol. The van der Waals surface area contributed by atoms with Crippen LogP contribution in [0, 0.1) is 0 Å². The molecule has 3 aromatic rings. The highest BCUT2D eigenvalue weighted by atomic mass is 35.5. The van der Waals surface area contributed by atoms with Crippen LogP contribution in [0.5, 0.6) is 5.88 Å². The number of nitrogens with zero attached hydrogens (tertiary/aromatic N) is 4. The smallest absolute Gasteiger partial charge is 0.416 e. The predicted molar refractivity (Wildman–Crippen MR) is 160 cm³/mol. The molecule has 1 saturated heterocycles. The Morgan fingerprint density at radius 3 is 2.45 bits per heavy atom. The van der Waals surface area contributed by atoms with Crippen molar-refractivity contribution < 1.29 is 32.5 Å². The lowest BCUT2D eigenvalue weighted by atomic mass is 9.96. The number of aromatic hydroxyl groups is 1. The highest BCUT2D eigenvalue weighted by molar-refractivity contribution is 7.10. The van der Waals surface area contributed by atoms with Crippen LogP contribution < -0.4 is 15.4 Å². The molecule has 1 aromatic heterocycles. The first-order valence-corrected chi connectivity index (χ1v) is 15.0. The number of carbonyl (C=O) groups is 1. The summed E-state index contributed by atoms with van der Waals surface area (Å²) in [7, 11) is 1.43. The number of hydrogen-bond acceptors (Lipinski definition) is 8. The second kappa shape index (κ2) is 11.9. The van der Waals surface area contributed by atoms with Crippen molar-refractivity contribution in [1.29, 1.82) is 0 Å². The number of rotatable bonds is 4. The summed E-state index contributed by atoms with van der Waals surface area (Å²) >= 11 is 6.68. The van der Waals surface area contributed by atoms with Crippen molar-refractivity contribution in [3.8, 4) is 5.88 Å². The maximum Gasteiger partial charge on any atom is 0.416 e. The van der Waals surface area contributed by atoms with Gasteiger partial charge >= 0.3 is 17.1 Å². The van der Waals surface area contributed by atoms with Crippen molar-refractivity contribution in [2.24, 2.45) is 10.2 Å². The van der Waals surface area contributed by atoms with Crippen LogP contribution >= 0.6 is 22.9 Å². The molecule has 234 valence electrons. The predicted octanol–water partition coefficient (Wildman–Crippen LogP) is 5.24. The summed E-state index contributed by atoms with van der Waals surface area (Å²) in [4.78, 5) is 27.1. The van der Waals surface area contributed by atoms with E-state index < -0.39 is 34.3 Å². The number of methoxy groups -OCH3 is 1. The molecule has 1 N–H and O–H groups in total. The number of thiazole rings is 1. The van der Waals surface area contributed by atoms with Gasteiger partial charge in [0, 0.05) is 30.6 Å². The third kappa shape index (κ3) is 6.48. The van der Waals surface area contributed by atoms with E-state index in [9.17, 15) is 27.9 Å². The van der Waals surface area contributed by atoms with Gasteiger partial charge in [-0.2, -0.15) is 13.2 Å². The average molecular weight is 651 g/mol. The Balaban J connectivity index is 1.58. The molecule has 2 aliphatic heterocycles. The van der Waals surface area contributed by atoms with Crippen molar-refractivity contribution in [2.45, 2.75) is 57.9 Å². The molecule has 0 aliphatic carbocycles. The van der Waals surface area contributed by atoms with Gasteiger partial charge in [-0.3, -0.25) is 9.36 Å². The van der Waals surface area contributed by atoms with E-state index in [1.807, 2.05) is 0 Å². The first kappa shape index (κ1) is 31.6. The Bertz CT molecular complexity index is 1820. The summed E-state index contributed by atoms with van der Waals surface area (Å²) in [5.41, 5.74) is -0.836. The number of benzene rings is 2. The fourth-order valence-corrected chi connectivity index (χ4v) is 6.47. The van der Waals surface area contributed by atoms with Crippen LogP contribution in [0.15, 0.2) is 51.4 Å². The van der Waals surface area contributed by atoms with Gasteiger partial charge in [0.05, 0.1) is 28.5 Å². The largest absolute Gasteiger partial charge is 0.493 e. The van der Waals surface area contributed by atoms with Gasteiger partial charge in [-0.25, -0.2) is 4.79 Å². The number of carbonyl (C=O) groups excluding carboxylic acids is 1. The van der Waals surface area contributed by atoms with E-state index in [1.165, 1.54) is 23.8 Å². The zero-order valence-electron chi connectivity index (χ0n) is 24.4. The molecule has 1 fully saturated rings. The van der Waals surface area contributed by atoms with Crippen LogP contribution in [0.25, 0.3) is 5.57 Å². The van der Waals surface area contributed by atoms with Gasteiger partial charge in [-0.1, -0.05) is 35.1 Å². The Morgan fingerprint density at radius 2 is 1.82 bits per heavy atom. The van der Waals surface area contributed by atoms with Gasteiger partial charge in [0.2, 0.25) is 11.8 Å². The van der Waals surface area contributed by atoms with E-state index >= 15 is 0 Å². The standard InChI is InChI=1S/C30H30ClF3N4O5S/c1-29(2,3)43-27(40)37-11-9-19(10-12-37)38-26(39)24(44-28(38)41)20(14-17-5-7-18(31)15-22(17)30(32,33)34)16-6-8-23-21(13-16)25(42-4)36-35-23/h5-8,13,15,19,39H,9-12,14H2,1-4H3. The summed E-state index contributed by atoms with van der Waals surface area (Å²) in [6, 6.07) is 8.06. The van der Waals surface area contributed by atoms with Crippen LogP contribution in [0.3, 0.4) is 0 Å². The van der Waals surface area contributed by atoms with Crippen LogP contribution in [-0.4, -0.2) is 52.4 Å². The fourth-order valence-electron chi connectivity index (χ4n) is 5.29. The van der Waals surface area contributed by atoms with Crippen molar-refractivity contribution in [3.05, 3.63) is 83.2 Å². The second-order valence-corrected chi connectivity index (χ2v) is 12.9. The van der Waals surface area contributed by atoms with E-state index in [0.717, 1.165) is 17.4 Å². The topological polar surface area (TPSA) is 106 Å². The molecule has 0 spiro atoms. The number of aromatic nitrogens is 1. The zero-order chi connectivity index (χ0) is 32.0. The highest BCUT2D eigenvalue weighted by Crippen LogP contribution is 2.38. The molecule has 0 radical (unpaired) electrons. The van der Waals surface area contributed by atoms with Gasteiger partial charge in [-0.05, 0) is 74.2 Å². The summed E-state index contributed by atoms with van der Waals surface area (Å²) in [5.74, 6) is -0.116. The lowest BCUT2D eigenvalue weighted by Gasteiger charge is -2.33. The maximum atomic E-state index is 14.1. The lowest BCUT2D eigenvalue weighted by molar-refractivity contribution is -0.138. The molecule has 1 amide bonds. The van der Waals surface area contributed by atoms with Crippen molar-refractivity contribution in [3.63, 3.8) is 0 Å². The number of likely N-dealkylation sites (tertiary alicyclic amines) is 1. The number of alkyl halides is 3. The third-order valence-electron chi connectivity index (χ3n) is 7.33. The van der Waals surface area contributed by atoms with Crippen molar-refractivity contribution in [2.75, 3.05) is 20.2 Å². The number of halogens is 4. The van der Waals surface area contributed by atoms with E-state index in [-0.39, 0.29) is 33.7 Å². The summed E-state index contributed by atoms with van der Waals surface area (Å²) in [5, 5.41) is 20.4. The van der Waals surface area contributed by atoms with E-state index in [2.05, 4.69) is 10.2 Å². The van der Waals surface area contributed by atoms with Crippen molar-refractivity contribution >= 4 is 40.5 Å². The van der Waals surface area contributed by atoms with Crippen LogP contribution in [0.2, 0.25) is 5.02 Å². The summed E-state index contributed by atoms with van der Waals surface area (Å²) in [6.45, 7) is 5.93. The third-order valence-corrected chi connectivity index (χ3v) is 8.57. The zero-order valence-corrected chi connectivity index (χ0v) is 25.9. The van der Waals surface area contributed by atoms with Crippen LogP contribution in [-0.2, 0) is 22.1 Å². The molecular formula is C30H30ClF3N4O5S. The molecule has 14 heteroatoms. The maximum absolute atomic E-state index is 14.1. The summed E-state index contributed by atoms with van der Waals surface area (Å²) < 4.78 is 54.3. The molecule has 0 atom stereocenters. The normalized spacial score (nSPS) is 16.3. The molecule has 2 aliphatic rings. The first-order valence-electron chi connectivity index (χ1n) is 13.8. The Kier molecular flexibility index (Phi) is 8.56. The molecule has 0 unspecified atom stereocenters. The monoisotopic (exact) mass is 650 g/mol. The average Bonchev–Trinajstić information content (AvgIpc) is 3.49. The Labute approximate surface area is 259 Å². The van der Waals surface area contributed by atoms with Gasteiger partial charge < -0.3 is 19.5 Å². The molecule has 0 saturated carbocycles. The minimum atomic E-state index is -4.69. The van der Waals surface area contributed by atoms with E-state index in [1.54, 1.807) is 43.9 Å². The van der Waals surface area contributed by atoms with Gasteiger partial charge in [0.25, 0.3) is 0 Å². The SMILES string of the molecule is COC1=NN=c2ccc(=C(Cc3ccc(Cl)cc3C(F)(F)F)c3sc(=O)n(C4CCN(C(=O)OC(C)(C)C)CC4)c3O)cc21. The molecule has 5 rings (SSSR count). The van der Waals surface area contributed by atoms with Gasteiger partial charge in [0.15, 0.2) is 0 Å². The first-order chi connectivity index (χ1) is 20.7. The quantitative estimate of drug-likeness (QED) is 0.416. The fraction of sp³-hybridized carbons (Fsp3) is 0.400. The molecule has 44 heavy (non-hydrogen) atoms. The Hall–Kier alpha value is -3.84. The lowest BCUT2D eigenvalue weighted by Crippen LogP contribution is -2.42. The van der Waals surface area contributed by atoms with Gasteiger partial charge in [-0.15, -0.1) is 10.2 Å². The molecule has 0 bridgehead atoms. The number of amides is 1. The van der Waals surface area contributed by atoms with Gasteiger partial charge in [0.1, 0.15) is 5.60 Å². The number of fused-ring (bicyclic) bond motifs is 1. The number of piperidine rings is 1. The van der Waals surface area contributed by atoms with Crippen LogP contribution in [0.4, 0.5) is 18.0 Å². The van der Waals surface area contributed by atoms with E-state index in [0.29, 0.717) is 47.6 Å². The Morgan fingerprint density at radius 1 is 1.11 bits per heavy atom. The highest BCUT2D eigenvalue weighted by Gasteiger charge is 2.35. The number of ether oxygens (including phenoxy) is 2. The second-order valence-electron chi connectivity index (χ2n) is 11.5. The van der Waals surface area contributed by atoms with E-state index in [4.69, 9.17) is 21.1 Å². The van der Waals surface area contributed by atoms with Crippen LogP contribution in [0.1, 0.15) is 61.2 Å². The molecule has 3 heterocycles.